The molecule has 2 amide bonds. The topological polar surface area (TPSA) is 98.9 Å². The van der Waals surface area contributed by atoms with E-state index in [1.54, 1.807) is 6.20 Å². The number of hydrogen-bond acceptors (Lipinski definition) is 4. The van der Waals surface area contributed by atoms with E-state index >= 15 is 0 Å². The molecule has 7 heteroatoms. The first-order valence-corrected chi connectivity index (χ1v) is 12.1. The Balaban J connectivity index is 1.51. The second kappa shape index (κ2) is 11.1. The summed E-state index contributed by atoms with van der Waals surface area (Å²) in [5, 5.41) is 12.4. The monoisotopic (exact) mass is 471 g/mol. The standard InChI is InChI=1S/C28H33N5O2/c1-18(2)15-30-19(3)27(34)33-25(14-22-9-6-8-21-7-4-5-10-24(21)22)28(35)32-17-20-13-23-11-12-29-26(23)31-16-20/h4-13,16,18-19,25,30H,14-15,17H2,1-3H3,(H,29,31)(H,32,35)(H,33,34)/t19-,25-/m0/s1. The molecule has 2 heterocycles. The van der Waals surface area contributed by atoms with Crippen molar-refractivity contribution in [2.75, 3.05) is 6.54 Å². The van der Waals surface area contributed by atoms with Crippen molar-refractivity contribution >= 4 is 33.6 Å². The van der Waals surface area contributed by atoms with E-state index in [1.807, 2.05) is 55.6 Å². The van der Waals surface area contributed by atoms with Crippen LogP contribution in [0.4, 0.5) is 0 Å². The number of rotatable bonds is 10. The minimum absolute atomic E-state index is 0.193. The summed E-state index contributed by atoms with van der Waals surface area (Å²) in [6.45, 7) is 7.06. The van der Waals surface area contributed by atoms with Crippen LogP contribution in [0.25, 0.3) is 21.8 Å². The van der Waals surface area contributed by atoms with Gasteiger partial charge < -0.3 is 20.9 Å². The Hall–Kier alpha value is -3.71. The molecule has 4 rings (SSSR count). The fourth-order valence-corrected chi connectivity index (χ4v) is 4.10. The summed E-state index contributed by atoms with van der Waals surface area (Å²) >= 11 is 0. The molecule has 0 aliphatic rings. The van der Waals surface area contributed by atoms with Crippen molar-refractivity contribution in [2.45, 2.75) is 45.8 Å². The lowest BCUT2D eigenvalue weighted by Gasteiger charge is -2.22. The summed E-state index contributed by atoms with van der Waals surface area (Å²) < 4.78 is 0. The first kappa shape index (κ1) is 24.4. The lowest BCUT2D eigenvalue weighted by atomic mass is 9.98. The first-order chi connectivity index (χ1) is 16.9. The molecule has 7 nitrogen and oxygen atoms in total. The number of benzene rings is 2. The molecular formula is C28H33N5O2. The van der Waals surface area contributed by atoms with Gasteiger partial charge in [0.25, 0.3) is 0 Å². The summed E-state index contributed by atoms with van der Waals surface area (Å²) in [7, 11) is 0. The van der Waals surface area contributed by atoms with Crippen molar-refractivity contribution in [2.24, 2.45) is 5.92 Å². The molecule has 35 heavy (non-hydrogen) atoms. The third-order valence-corrected chi connectivity index (χ3v) is 6.09. The van der Waals surface area contributed by atoms with Crippen LogP contribution in [0.5, 0.6) is 0 Å². The second-order valence-corrected chi connectivity index (χ2v) is 9.40. The Morgan fingerprint density at radius 3 is 2.60 bits per heavy atom. The van der Waals surface area contributed by atoms with Gasteiger partial charge in [-0.05, 0) is 53.4 Å². The van der Waals surface area contributed by atoms with Crippen LogP contribution in [0, 0.1) is 5.92 Å². The number of amides is 2. The predicted octanol–water partition coefficient (Wildman–Crippen LogP) is 3.69. The molecule has 0 aliphatic heterocycles. The summed E-state index contributed by atoms with van der Waals surface area (Å²) in [4.78, 5) is 33.7. The molecule has 0 fully saturated rings. The normalized spacial score (nSPS) is 13.1. The van der Waals surface area contributed by atoms with Gasteiger partial charge in [-0.15, -0.1) is 0 Å². The molecule has 0 aliphatic carbocycles. The van der Waals surface area contributed by atoms with Crippen molar-refractivity contribution in [1.82, 2.24) is 25.9 Å². The predicted molar refractivity (Wildman–Crippen MR) is 140 cm³/mol. The SMILES string of the molecule is CC(C)CN[C@@H](C)C(=O)N[C@@H](Cc1cccc2ccccc12)C(=O)NCc1cnc2[nH]ccc2c1. The number of H-pyrrole nitrogens is 1. The number of nitrogens with zero attached hydrogens (tertiary/aromatic N) is 1. The number of pyridine rings is 1. The largest absolute Gasteiger partial charge is 0.350 e. The van der Waals surface area contributed by atoms with Gasteiger partial charge in [0.1, 0.15) is 11.7 Å². The van der Waals surface area contributed by atoms with Crippen molar-refractivity contribution in [1.29, 1.82) is 0 Å². The Kier molecular flexibility index (Phi) is 7.77. The lowest BCUT2D eigenvalue weighted by Crippen LogP contribution is -2.53. The molecule has 182 valence electrons. The van der Waals surface area contributed by atoms with E-state index in [-0.39, 0.29) is 11.8 Å². The lowest BCUT2D eigenvalue weighted by molar-refractivity contribution is -0.129. The smallest absolute Gasteiger partial charge is 0.243 e. The number of aromatic amines is 1. The molecule has 2 aromatic carbocycles. The zero-order chi connectivity index (χ0) is 24.8. The first-order valence-electron chi connectivity index (χ1n) is 12.1. The van der Waals surface area contributed by atoms with Crippen LogP contribution in [0.2, 0.25) is 0 Å². The average Bonchev–Trinajstić information content (AvgIpc) is 3.33. The molecule has 0 saturated heterocycles. The highest BCUT2D eigenvalue weighted by Gasteiger charge is 2.24. The molecule has 2 aromatic heterocycles. The van der Waals surface area contributed by atoms with Crippen molar-refractivity contribution in [3.05, 3.63) is 78.1 Å². The van der Waals surface area contributed by atoms with Crippen LogP contribution in [0.1, 0.15) is 31.9 Å². The fraction of sp³-hybridized carbons (Fsp3) is 0.321. The van der Waals surface area contributed by atoms with Crippen molar-refractivity contribution in [3.63, 3.8) is 0 Å². The Morgan fingerprint density at radius 2 is 1.77 bits per heavy atom. The van der Waals surface area contributed by atoms with Gasteiger partial charge in [0, 0.05) is 30.7 Å². The van der Waals surface area contributed by atoms with Crippen LogP contribution < -0.4 is 16.0 Å². The van der Waals surface area contributed by atoms with Crippen molar-refractivity contribution in [3.8, 4) is 0 Å². The van der Waals surface area contributed by atoms with Crippen molar-refractivity contribution < 1.29 is 9.59 Å². The average molecular weight is 472 g/mol. The third kappa shape index (κ3) is 6.25. The molecule has 4 aromatic rings. The molecule has 0 radical (unpaired) electrons. The number of fused-ring (bicyclic) bond motifs is 2. The van der Waals surface area contributed by atoms with E-state index in [1.165, 1.54) is 0 Å². The van der Waals surface area contributed by atoms with Gasteiger partial charge in [-0.3, -0.25) is 9.59 Å². The highest BCUT2D eigenvalue weighted by Crippen LogP contribution is 2.20. The van der Waals surface area contributed by atoms with Crippen LogP contribution in [-0.2, 0) is 22.6 Å². The molecule has 4 N–H and O–H groups in total. The second-order valence-electron chi connectivity index (χ2n) is 9.40. The quantitative estimate of drug-likeness (QED) is 0.283. The van der Waals surface area contributed by atoms with Gasteiger partial charge in [0.05, 0.1) is 6.04 Å². The molecule has 0 spiro atoms. The zero-order valence-corrected chi connectivity index (χ0v) is 20.5. The van der Waals surface area contributed by atoms with E-state index in [9.17, 15) is 9.59 Å². The maximum absolute atomic E-state index is 13.3. The van der Waals surface area contributed by atoms with Gasteiger partial charge in [0.15, 0.2) is 0 Å². The van der Waals surface area contributed by atoms with E-state index in [4.69, 9.17) is 0 Å². The maximum Gasteiger partial charge on any atom is 0.243 e. The summed E-state index contributed by atoms with van der Waals surface area (Å²) in [6.07, 6.45) is 3.98. The highest BCUT2D eigenvalue weighted by atomic mass is 16.2. The number of carbonyl (C=O) groups is 2. The number of carbonyl (C=O) groups excluding carboxylic acids is 2. The Labute approximate surface area is 205 Å². The molecule has 0 unspecified atom stereocenters. The zero-order valence-electron chi connectivity index (χ0n) is 20.5. The highest BCUT2D eigenvalue weighted by molar-refractivity contribution is 5.91. The van der Waals surface area contributed by atoms with Gasteiger partial charge in [-0.25, -0.2) is 4.98 Å². The van der Waals surface area contributed by atoms with E-state index in [0.29, 0.717) is 18.9 Å². The van der Waals surface area contributed by atoms with Crippen LogP contribution in [0.15, 0.2) is 67.0 Å². The van der Waals surface area contributed by atoms with E-state index in [0.717, 1.165) is 39.5 Å². The fourth-order valence-electron chi connectivity index (χ4n) is 4.10. The molecule has 0 saturated carbocycles. The molecule has 2 atom stereocenters. The van der Waals surface area contributed by atoms with Gasteiger partial charge in [-0.1, -0.05) is 56.3 Å². The summed E-state index contributed by atoms with van der Waals surface area (Å²) in [6, 6.07) is 17.0. The van der Waals surface area contributed by atoms with Gasteiger partial charge in [0.2, 0.25) is 11.8 Å². The molecular weight excluding hydrogens is 438 g/mol. The van der Waals surface area contributed by atoms with E-state index in [2.05, 4.69) is 51.9 Å². The number of hydrogen-bond donors (Lipinski definition) is 4. The summed E-state index contributed by atoms with van der Waals surface area (Å²) in [5.74, 6) is 0.00367. The van der Waals surface area contributed by atoms with Crippen LogP contribution >= 0.6 is 0 Å². The Bertz CT molecular complexity index is 1310. The molecule has 0 bridgehead atoms. The van der Waals surface area contributed by atoms with Gasteiger partial charge >= 0.3 is 0 Å². The number of nitrogens with one attached hydrogen (secondary N) is 4. The Morgan fingerprint density at radius 1 is 0.971 bits per heavy atom. The van der Waals surface area contributed by atoms with E-state index < -0.39 is 12.1 Å². The maximum atomic E-state index is 13.3. The van der Waals surface area contributed by atoms with Crippen LogP contribution in [-0.4, -0.2) is 40.4 Å². The third-order valence-electron chi connectivity index (χ3n) is 6.09. The van der Waals surface area contributed by atoms with Gasteiger partial charge in [-0.2, -0.15) is 0 Å². The minimum atomic E-state index is -0.708. The summed E-state index contributed by atoms with van der Waals surface area (Å²) in [5.41, 5.74) is 2.72. The van der Waals surface area contributed by atoms with Crippen LogP contribution in [0.3, 0.4) is 0 Å². The number of aromatic nitrogens is 2. The minimum Gasteiger partial charge on any atom is -0.350 e.